The second kappa shape index (κ2) is 7.91. The molecular weight excluding hydrogens is 452 g/mol. The van der Waals surface area contributed by atoms with E-state index in [1.165, 1.54) is 4.90 Å². The second-order valence-electron chi connectivity index (χ2n) is 7.79. The number of likely N-dealkylation sites (tertiary alicyclic amines) is 1. The molecule has 152 valence electrons. The Balaban J connectivity index is 1.66. The Bertz CT molecular complexity index is 1040. The predicted molar refractivity (Wildman–Crippen MR) is 121 cm³/mol. The van der Waals surface area contributed by atoms with Crippen LogP contribution in [0, 0.1) is 5.92 Å². The molecule has 0 unspecified atom stereocenters. The molecule has 2 saturated heterocycles. The minimum atomic E-state index is -0.163. The van der Waals surface area contributed by atoms with E-state index in [-0.39, 0.29) is 18.4 Å². The first kappa shape index (κ1) is 20.1. The van der Waals surface area contributed by atoms with Crippen molar-refractivity contribution >= 4 is 62.1 Å². The first-order valence-electron chi connectivity index (χ1n) is 9.70. The summed E-state index contributed by atoms with van der Waals surface area (Å²) in [6.07, 6.45) is 5.86. The number of hydrogen-bond acceptors (Lipinski definition) is 3. The van der Waals surface area contributed by atoms with Crippen molar-refractivity contribution in [2.75, 3.05) is 20.1 Å². The highest BCUT2D eigenvalue weighted by Crippen LogP contribution is 2.28. The third-order valence-electron chi connectivity index (χ3n) is 5.70. The van der Waals surface area contributed by atoms with Crippen LogP contribution in [0.15, 0.2) is 34.6 Å². The number of halogens is 1. The van der Waals surface area contributed by atoms with Crippen molar-refractivity contribution in [3.05, 3.63) is 40.1 Å². The predicted octanol–water partition coefficient (Wildman–Crippen LogP) is 3.35. The number of benzene rings is 1. The summed E-state index contributed by atoms with van der Waals surface area (Å²) in [5.41, 5.74) is 2.27. The molecule has 2 aliphatic rings. The van der Waals surface area contributed by atoms with E-state index < -0.39 is 0 Å². The SMILES string of the molecule is CC1CCN(C(=O)Cn2cc(/C=C3\NC(=S)N(C)C3=O)c3cc(Br)ccc32)CC1. The molecule has 1 N–H and O–H groups in total. The normalized spacial score (nSPS) is 19.5. The average molecular weight is 475 g/mol. The van der Waals surface area contributed by atoms with Gasteiger partial charge in [-0.1, -0.05) is 22.9 Å². The van der Waals surface area contributed by atoms with Crippen molar-refractivity contribution in [1.82, 2.24) is 19.7 Å². The fourth-order valence-corrected chi connectivity index (χ4v) is 4.38. The van der Waals surface area contributed by atoms with E-state index in [4.69, 9.17) is 12.2 Å². The number of amides is 2. The number of likely N-dealkylation sites (N-methyl/N-ethyl adjacent to an activating group) is 1. The highest BCUT2D eigenvalue weighted by atomic mass is 79.9. The van der Waals surface area contributed by atoms with Crippen LogP contribution in [0.5, 0.6) is 0 Å². The number of carbonyl (C=O) groups excluding carboxylic acids is 2. The summed E-state index contributed by atoms with van der Waals surface area (Å²) >= 11 is 8.68. The summed E-state index contributed by atoms with van der Waals surface area (Å²) in [7, 11) is 1.65. The molecule has 1 aromatic carbocycles. The summed E-state index contributed by atoms with van der Waals surface area (Å²) in [4.78, 5) is 28.6. The van der Waals surface area contributed by atoms with E-state index in [1.54, 1.807) is 13.1 Å². The molecule has 3 heterocycles. The lowest BCUT2D eigenvalue weighted by Gasteiger charge is -2.30. The fraction of sp³-hybridized carbons (Fsp3) is 0.381. The summed E-state index contributed by atoms with van der Waals surface area (Å²) in [6, 6.07) is 5.96. The third-order valence-corrected chi connectivity index (χ3v) is 6.57. The van der Waals surface area contributed by atoms with Gasteiger partial charge in [-0.3, -0.25) is 14.5 Å². The standard InChI is InChI=1S/C21H23BrN4O2S/c1-13-5-7-25(8-6-13)19(27)12-26-11-14(16-10-15(22)3-4-18(16)26)9-17-20(28)24(2)21(29)23-17/h3-4,9-11,13H,5-8,12H2,1-2H3,(H,23,29)/b17-9-. The number of carbonyl (C=O) groups is 2. The third kappa shape index (κ3) is 3.96. The van der Waals surface area contributed by atoms with Gasteiger partial charge in [-0.2, -0.15) is 0 Å². The molecule has 0 spiro atoms. The second-order valence-corrected chi connectivity index (χ2v) is 9.09. The molecule has 29 heavy (non-hydrogen) atoms. The molecular formula is C21H23BrN4O2S. The lowest BCUT2D eigenvalue weighted by Crippen LogP contribution is -2.39. The van der Waals surface area contributed by atoms with Crippen molar-refractivity contribution in [1.29, 1.82) is 0 Å². The number of piperidine rings is 1. The van der Waals surface area contributed by atoms with Gasteiger partial charge in [-0.05, 0) is 55.3 Å². The number of aromatic nitrogens is 1. The molecule has 0 saturated carbocycles. The quantitative estimate of drug-likeness (QED) is 0.547. The Hall–Kier alpha value is -2.19. The van der Waals surface area contributed by atoms with Crippen LogP contribution in [-0.4, -0.2) is 51.4 Å². The maximum absolute atomic E-state index is 12.9. The number of hydrogen-bond donors (Lipinski definition) is 1. The van der Waals surface area contributed by atoms with Crippen molar-refractivity contribution in [3.63, 3.8) is 0 Å². The van der Waals surface area contributed by atoms with E-state index in [0.29, 0.717) is 16.7 Å². The Morgan fingerprint density at radius 2 is 2.07 bits per heavy atom. The van der Waals surface area contributed by atoms with Gasteiger partial charge in [0.05, 0.1) is 0 Å². The maximum atomic E-state index is 12.9. The molecule has 0 atom stereocenters. The van der Waals surface area contributed by atoms with E-state index in [1.807, 2.05) is 33.9 Å². The van der Waals surface area contributed by atoms with E-state index in [0.717, 1.165) is 46.9 Å². The van der Waals surface area contributed by atoms with Gasteiger partial charge in [0, 0.05) is 47.3 Å². The molecule has 2 aliphatic heterocycles. The summed E-state index contributed by atoms with van der Waals surface area (Å²) < 4.78 is 2.91. The lowest BCUT2D eigenvalue weighted by molar-refractivity contribution is -0.133. The minimum Gasteiger partial charge on any atom is -0.341 e. The molecule has 2 fully saturated rings. The molecule has 6 nitrogen and oxygen atoms in total. The van der Waals surface area contributed by atoms with Crippen LogP contribution in [0.2, 0.25) is 0 Å². The topological polar surface area (TPSA) is 57.6 Å². The largest absolute Gasteiger partial charge is 0.341 e. The zero-order valence-electron chi connectivity index (χ0n) is 16.4. The number of thiocarbonyl (C=S) groups is 1. The summed E-state index contributed by atoms with van der Waals surface area (Å²) in [6.45, 7) is 4.17. The van der Waals surface area contributed by atoms with Crippen LogP contribution in [0.4, 0.5) is 0 Å². The van der Waals surface area contributed by atoms with Crippen molar-refractivity contribution in [3.8, 4) is 0 Å². The molecule has 0 bridgehead atoms. The molecule has 2 aromatic rings. The molecule has 8 heteroatoms. The van der Waals surface area contributed by atoms with Crippen LogP contribution in [-0.2, 0) is 16.1 Å². The van der Waals surface area contributed by atoms with Crippen LogP contribution in [0.1, 0.15) is 25.3 Å². The monoisotopic (exact) mass is 474 g/mol. The van der Waals surface area contributed by atoms with Gasteiger partial charge in [0.2, 0.25) is 5.91 Å². The molecule has 1 aromatic heterocycles. The van der Waals surface area contributed by atoms with Crippen LogP contribution in [0.3, 0.4) is 0 Å². The first-order valence-corrected chi connectivity index (χ1v) is 10.9. The van der Waals surface area contributed by atoms with E-state index in [2.05, 4.69) is 28.2 Å². The number of nitrogens with one attached hydrogen (secondary N) is 1. The van der Waals surface area contributed by atoms with Gasteiger partial charge in [-0.25, -0.2) is 0 Å². The molecule has 2 amide bonds. The average Bonchev–Trinajstić information content (AvgIpc) is 3.14. The van der Waals surface area contributed by atoms with E-state index >= 15 is 0 Å². The Kier molecular flexibility index (Phi) is 5.48. The highest BCUT2D eigenvalue weighted by molar-refractivity contribution is 9.10. The zero-order chi connectivity index (χ0) is 20.7. The van der Waals surface area contributed by atoms with Gasteiger partial charge < -0.3 is 14.8 Å². The Morgan fingerprint density at radius 1 is 1.34 bits per heavy atom. The van der Waals surface area contributed by atoms with E-state index in [9.17, 15) is 9.59 Å². The van der Waals surface area contributed by atoms with Crippen molar-refractivity contribution < 1.29 is 9.59 Å². The molecule has 0 radical (unpaired) electrons. The van der Waals surface area contributed by atoms with Gasteiger partial charge in [0.1, 0.15) is 12.2 Å². The van der Waals surface area contributed by atoms with Gasteiger partial charge in [0.25, 0.3) is 5.91 Å². The van der Waals surface area contributed by atoms with Gasteiger partial charge in [0.15, 0.2) is 5.11 Å². The summed E-state index contributed by atoms with van der Waals surface area (Å²) in [5.74, 6) is 0.652. The van der Waals surface area contributed by atoms with Crippen LogP contribution >= 0.6 is 28.1 Å². The van der Waals surface area contributed by atoms with Crippen molar-refractivity contribution in [2.45, 2.75) is 26.3 Å². The maximum Gasteiger partial charge on any atom is 0.276 e. The number of nitrogens with zero attached hydrogens (tertiary/aromatic N) is 3. The zero-order valence-corrected chi connectivity index (χ0v) is 18.8. The lowest BCUT2D eigenvalue weighted by atomic mass is 9.99. The number of rotatable bonds is 3. The van der Waals surface area contributed by atoms with Gasteiger partial charge in [-0.15, -0.1) is 0 Å². The van der Waals surface area contributed by atoms with Crippen molar-refractivity contribution in [2.24, 2.45) is 5.92 Å². The molecule has 0 aliphatic carbocycles. The Morgan fingerprint density at radius 3 is 2.72 bits per heavy atom. The highest BCUT2D eigenvalue weighted by Gasteiger charge is 2.27. The first-order chi connectivity index (χ1) is 13.8. The summed E-state index contributed by atoms with van der Waals surface area (Å²) in [5, 5.41) is 4.32. The molecule has 4 rings (SSSR count). The van der Waals surface area contributed by atoms with Gasteiger partial charge >= 0.3 is 0 Å². The Labute approximate surface area is 183 Å². The number of fused-ring (bicyclic) bond motifs is 1. The van der Waals surface area contributed by atoms with Crippen LogP contribution in [0.25, 0.3) is 17.0 Å². The smallest absolute Gasteiger partial charge is 0.276 e. The fourth-order valence-electron chi connectivity index (χ4n) is 3.83. The minimum absolute atomic E-state index is 0.131. The van der Waals surface area contributed by atoms with Crippen LogP contribution < -0.4 is 5.32 Å².